The summed E-state index contributed by atoms with van der Waals surface area (Å²) in [5, 5.41) is 10.0. The molecule has 0 radical (unpaired) electrons. The van der Waals surface area contributed by atoms with Gasteiger partial charge in [0.15, 0.2) is 0 Å². The molecule has 0 bridgehead atoms. The van der Waals surface area contributed by atoms with E-state index < -0.39 is 25.2 Å². The maximum Gasteiger partial charge on any atom is 0.488 e. The summed E-state index contributed by atoms with van der Waals surface area (Å²) in [7, 11) is -1.77. The molecule has 1 aliphatic rings. The third-order valence-corrected chi connectivity index (χ3v) is 3.78. The average molecular weight is 242 g/mol. The van der Waals surface area contributed by atoms with Gasteiger partial charge in [0.2, 0.25) is 0 Å². The lowest BCUT2D eigenvalue weighted by Crippen LogP contribution is -2.48. The Balaban J connectivity index is 2.59. The standard InChI is InChI=1S/C11H24B2O4/c1-8(2)10(4,5)16-12(14)13-15-9(3)11(6,7)17-13/h8-9,14H,1-7H3. The van der Waals surface area contributed by atoms with Gasteiger partial charge >= 0.3 is 14.0 Å². The highest BCUT2D eigenvalue weighted by molar-refractivity contribution is 7.10. The SMILES string of the molecule is CC(C)C(C)(C)OB(O)B1OC(C)C(C)(C)O1. The van der Waals surface area contributed by atoms with Crippen LogP contribution in [0.4, 0.5) is 0 Å². The van der Waals surface area contributed by atoms with Crippen molar-refractivity contribution >= 4 is 14.0 Å². The molecule has 17 heavy (non-hydrogen) atoms. The maximum absolute atomic E-state index is 10.0. The lowest BCUT2D eigenvalue weighted by atomic mass is 9.49. The molecule has 1 aliphatic heterocycles. The van der Waals surface area contributed by atoms with Crippen LogP contribution < -0.4 is 0 Å². The second-order valence-electron chi connectivity index (χ2n) is 6.13. The highest BCUT2D eigenvalue weighted by Gasteiger charge is 2.51. The van der Waals surface area contributed by atoms with Gasteiger partial charge in [-0.2, -0.15) is 0 Å². The smallest absolute Gasteiger partial charge is 0.429 e. The first-order chi connectivity index (χ1) is 7.56. The molecule has 0 spiro atoms. The van der Waals surface area contributed by atoms with E-state index in [0.29, 0.717) is 5.92 Å². The van der Waals surface area contributed by atoms with Gasteiger partial charge in [-0.3, -0.25) is 0 Å². The predicted molar refractivity (Wildman–Crippen MR) is 69.4 cm³/mol. The second-order valence-corrected chi connectivity index (χ2v) is 6.13. The minimum Gasteiger partial charge on any atom is -0.429 e. The van der Waals surface area contributed by atoms with E-state index in [1.807, 2.05) is 34.6 Å². The van der Waals surface area contributed by atoms with Crippen LogP contribution in [0.5, 0.6) is 0 Å². The van der Waals surface area contributed by atoms with E-state index in [9.17, 15) is 5.02 Å². The normalized spacial score (nSPS) is 24.5. The fraction of sp³-hybridized carbons (Fsp3) is 1.00. The van der Waals surface area contributed by atoms with Crippen molar-refractivity contribution in [3.05, 3.63) is 0 Å². The quantitative estimate of drug-likeness (QED) is 0.762. The first-order valence-electron chi connectivity index (χ1n) is 6.25. The van der Waals surface area contributed by atoms with Gasteiger partial charge in [-0.15, -0.1) is 0 Å². The van der Waals surface area contributed by atoms with Crippen LogP contribution in [-0.2, 0) is 14.0 Å². The van der Waals surface area contributed by atoms with Crippen molar-refractivity contribution in [3.8, 4) is 0 Å². The molecular formula is C11H24B2O4. The van der Waals surface area contributed by atoms with Gasteiger partial charge in [0.25, 0.3) is 0 Å². The third kappa shape index (κ3) is 3.47. The van der Waals surface area contributed by atoms with E-state index in [2.05, 4.69) is 13.8 Å². The summed E-state index contributed by atoms with van der Waals surface area (Å²) in [6, 6.07) is 0. The van der Waals surface area contributed by atoms with E-state index in [1.54, 1.807) is 0 Å². The average Bonchev–Trinajstić information content (AvgIpc) is 2.40. The summed E-state index contributed by atoms with van der Waals surface area (Å²) >= 11 is 0. The molecule has 1 fully saturated rings. The van der Waals surface area contributed by atoms with Gasteiger partial charge in [0.1, 0.15) is 0 Å². The maximum atomic E-state index is 10.0. The summed E-state index contributed by atoms with van der Waals surface area (Å²) in [6.45, 7) is 13.8. The van der Waals surface area contributed by atoms with Crippen LogP contribution in [0.15, 0.2) is 0 Å². The minimum absolute atomic E-state index is 0.0621. The largest absolute Gasteiger partial charge is 0.488 e. The Morgan fingerprint density at radius 1 is 1.41 bits per heavy atom. The molecule has 1 N–H and O–H groups in total. The van der Waals surface area contributed by atoms with Crippen molar-refractivity contribution in [2.75, 3.05) is 0 Å². The Morgan fingerprint density at radius 3 is 2.29 bits per heavy atom. The highest BCUT2D eigenvalue weighted by Crippen LogP contribution is 2.29. The van der Waals surface area contributed by atoms with Crippen LogP contribution in [0.25, 0.3) is 0 Å². The topological polar surface area (TPSA) is 47.9 Å². The lowest BCUT2D eigenvalue weighted by molar-refractivity contribution is 0.0402. The van der Waals surface area contributed by atoms with Crippen LogP contribution in [0.3, 0.4) is 0 Å². The zero-order valence-electron chi connectivity index (χ0n) is 12.0. The summed E-state index contributed by atoms with van der Waals surface area (Å²) in [5.74, 6) is 0.295. The molecule has 0 aromatic carbocycles. The van der Waals surface area contributed by atoms with E-state index >= 15 is 0 Å². The van der Waals surface area contributed by atoms with Gasteiger partial charge in [0.05, 0.1) is 17.3 Å². The molecule has 0 amide bonds. The monoisotopic (exact) mass is 242 g/mol. The van der Waals surface area contributed by atoms with E-state index in [4.69, 9.17) is 14.0 Å². The van der Waals surface area contributed by atoms with Crippen LogP contribution in [0.2, 0.25) is 0 Å². The molecular weight excluding hydrogens is 218 g/mol. The van der Waals surface area contributed by atoms with Crippen LogP contribution >= 0.6 is 0 Å². The molecule has 1 rings (SSSR count). The fourth-order valence-corrected chi connectivity index (χ4v) is 1.42. The van der Waals surface area contributed by atoms with Crippen LogP contribution in [-0.4, -0.2) is 36.3 Å². The van der Waals surface area contributed by atoms with Crippen molar-refractivity contribution in [2.24, 2.45) is 5.92 Å². The van der Waals surface area contributed by atoms with Gasteiger partial charge < -0.3 is 19.0 Å². The number of hydrogen-bond donors (Lipinski definition) is 1. The molecule has 98 valence electrons. The summed E-state index contributed by atoms with van der Waals surface area (Å²) < 4.78 is 16.8. The molecule has 0 aliphatic carbocycles. The third-order valence-electron chi connectivity index (χ3n) is 3.78. The summed E-state index contributed by atoms with van der Waals surface area (Å²) in [5.41, 5.74) is -0.806. The first kappa shape index (κ1) is 15.0. The van der Waals surface area contributed by atoms with Crippen molar-refractivity contribution < 1.29 is 19.0 Å². The summed E-state index contributed by atoms with van der Waals surface area (Å²) in [6.07, 6.45) is -0.0621. The number of rotatable bonds is 4. The zero-order chi connectivity index (χ0) is 13.4. The molecule has 0 saturated carbocycles. The highest BCUT2D eigenvalue weighted by atomic mass is 16.7. The Bertz CT molecular complexity index is 268. The fourth-order valence-electron chi connectivity index (χ4n) is 1.42. The Hall–Kier alpha value is -0.0301. The van der Waals surface area contributed by atoms with Gasteiger partial charge in [-0.1, -0.05) is 13.8 Å². The minimum atomic E-state index is -1.06. The van der Waals surface area contributed by atoms with E-state index in [0.717, 1.165) is 0 Å². The summed E-state index contributed by atoms with van der Waals surface area (Å²) in [4.78, 5) is 0. The van der Waals surface area contributed by atoms with Crippen LogP contribution in [0.1, 0.15) is 48.5 Å². The second kappa shape index (κ2) is 4.92. The molecule has 1 atom stereocenters. The number of hydrogen-bond acceptors (Lipinski definition) is 4. The molecule has 1 heterocycles. The van der Waals surface area contributed by atoms with Gasteiger partial charge in [-0.05, 0) is 40.5 Å². The van der Waals surface area contributed by atoms with Crippen molar-refractivity contribution in [1.29, 1.82) is 0 Å². The molecule has 1 saturated heterocycles. The molecule has 0 aromatic rings. The Kier molecular flexibility index (Phi) is 4.35. The predicted octanol–water partition coefficient (Wildman–Crippen LogP) is 1.70. The van der Waals surface area contributed by atoms with Crippen molar-refractivity contribution in [2.45, 2.75) is 65.8 Å². The Labute approximate surface area is 105 Å². The zero-order valence-corrected chi connectivity index (χ0v) is 12.0. The molecule has 4 nitrogen and oxygen atoms in total. The lowest BCUT2D eigenvalue weighted by Gasteiger charge is -2.32. The van der Waals surface area contributed by atoms with Crippen LogP contribution in [0, 0.1) is 5.92 Å². The van der Waals surface area contributed by atoms with Crippen molar-refractivity contribution in [3.63, 3.8) is 0 Å². The van der Waals surface area contributed by atoms with Gasteiger partial charge in [0, 0.05) is 0 Å². The van der Waals surface area contributed by atoms with E-state index in [-0.39, 0.29) is 6.10 Å². The molecule has 6 heteroatoms. The Morgan fingerprint density at radius 2 is 1.94 bits per heavy atom. The molecule has 0 aromatic heterocycles. The molecule has 1 unspecified atom stereocenters. The van der Waals surface area contributed by atoms with E-state index in [1.165, 1.54) is 0 Å². The first-order valence-corrected chi connectivity index (χ1v) is 6.25. The van der Waals surface area contributed by atoms with Crippen molar-refractivity contribution in [1.82, 2.24) is 0 Å². The van der Waals surface area contributed by atoms with Gasteiger partial charge in [-0.25, -0.2) is 0 Å².